The zero-order valence-corrected chi connectivity index (χ0v) is 11.5. The number of benzene rings is 1. The summed E-state index contributed by atoms with van der Waals surface area (Å²) in [4.78, 5) is -0.113. The molecule has 0 spiro atoms. The number of rotatable bonds is 6. The average Bonchev–Trinajstić information content (AvgIpc) is 2.26. The van der Waals surface area contributed by atoms with Crippen LogP contribution in [-0.2, 0) is 24.4 Å². The van der Waals surface area contributed by atoms with E-state index < -0.39 is 32.6 Å². The van der Waals surface area contributed by atoms with Crippen molar-refractivity contribution in [3.63, 3.8) is 0 Å². The smallest absolute Gasteiger partial charge is 0.217 e. The molecule has 0 heterocycles. The molecule has 8 nitrogen and oxygen atoms in total. The lowest BCUT2D eigenvalue weighted by atomic mass is 10.3. The van der Waals surface area contributed by atoms with Gasteiger partial charge in [-0.15, -0.1) is 0 Å². The first kappa shape index (κ1) is 15.7. The summed E-state index contributed by atoms with van der Waals surface area (Å²) in [6.07, 6.45) is 0. The number of hydrogen-bond acceptors (Lipinski definition) is 8. The molecule has 0 saturated heterocycles. The van der Waals surface area contributed by atoms with Crippen LogP contribution in [0.1, 0.15) is 0 Å². The Morgan fingerprint density at radius 2 is 1.89 bits per heavy atom. The van der Waals surface area contributed by atoms with E-state index in [9.17, 15) is 21.4 Å². The minimum Gasteiger partial charge on any atom is -0.726 e. The quantitative estimate of drug-likeness (QED) is 0.423. The van der Waals surface area contributed by atoms with Crippen molar-refractivity contribution in [3.8, 4) is 5.75 Å². The second-order valence-corrected chi connectivity index (χ2v) is 6.61. The summed E-state index contributed by atoms with van der Waals surface area (Å²) in [6, 6.07) is 3.81. The molecule has 0 atom stereocenters. The van der Waals surface area contributed by atoms with Crippen molar-refractivity contribution in [2.45, 2.75) is 4.90 Å². The van der Waals surface area contributed by atoms with Gasteiger partial charge in [-0.25, -0.2) is 16.8 Å². The Kier molecular flexibility index (Phi) is 4.74. The highest BCUT2D eigenvalue weighted by molar-refractivity contribution is 7.91. The lowest BCUT2D eigenvalue weighted by Crippen LogP contribution is -2.15. The largest absolute Gasteiger partial charge is 0.726 e. The van der Waals surface area contributed by atoms with E-state index in [1.807, 2.05) is 0 Å². The topological polar surface area (TPSA) is 136 Å². The SMILES string of the molecule is COc1ccc(S(=O)(=O)CCOS(=O)(=O)[O-])cc1N. The second kappa shape index (κ2) is 5.74. The van der Waals surface area contributed by atoms with Crippen molar-refractivity contribution in [3.05, 3.63) is 18.2 Å². The molecule has 0 aliphatic carbocycles. The van der Waals surface area contributed by atoms with E-state index in [0.29, 0.717) is 5.75 Å². The van der Waals surface area contributed by atoms with E-state index in [2.05, 4.69) is 4.18 Å². The first-order valence-corrected chi connectivity index (χ1v) is 7.91. The molecule has 1 rings (SSSR count). The Bertz CT molecular complexity index is 651. The van der Waals surface area contributed by atoms with Crippen molar-refractivity contribution in [2.75, 3.05) is 25.2 Å². The van der Waals surface area contributed by atoms with E-state index in [1.165, 1.54) is 25.3 Å². The molecular weight excluding hydrogens is 298 g/mol. The van der Waals surface area contributed by atoms with E-state index in [4.69, 9.17) is 10.5 Å². The lowest BCUT2D eigenvalue weighted by Gasteiger charge is -2.10. The zero-order chi connectivity index (χ0) is 14.7. The maximum atomic E-state index is 11.8. The molecule has 1 aromatic rings. The van der Waals surface area contributed by atoms with Crippen molar-refractivity contribution >= 4 is 25.9 Å². The third-order valence-electron chi connectivity index (χ3n) is 2.14. The summed E-state index contributed by atoms with van der Waals surface area (Å²) in [6.45, 7) is -0.750. The molecule has 0 bridgehead atoms. The molecule has 1 aromatic carbocycles. The Morgan fingerprint density at radius 3 is 2.37 bits per heavy atom. The minimum absolute atomic E-state index is 0.113. The Hall–Kier alpha value is -1.36. The van der Waals surface area contributed by atoms with E-state index in [1.54, 1.807) is 0 Å². The number of nitrogens with two attached hydrogens (primary N) is 1. The van der Waals surface area contributed by atoms with Crippen molar-refractivity contribution in [2.24, 2.45) is 0 Å². The molecule has 0 amide bonds. The molecule has 19 heavy (non-hydrogen) atoms. The minimum atomic E-state index is -4.91. The average molecular weight is 310 g/mol. The molecule has 0 saturated carbocycles. The fraction of sp³-hybridized carbons (Fsp3) is 0.333. The highest BCUT2D eigenvalue weighted by Crippen LogP contribution is 2.24. The van der Waals surface area contributed by atoms with Crippen LogP contribution in [0.2, 0.25) is 0 Å². The van der Waals surface area contributed by atoms with Crippen LogP contribution in [0.5, 0.6) is 5.75 Å². The lowest BCUT2D eigenvalue weighted by molar-refractivity contribution is 0.276. The van der Waals surface area contributed by atoms with Crippen molar-refractivity contribution in [1.29, 1.82) is 0 Å². The Morgan fingerprint density at radius 1 is 1.26 bits per heavy atom. The molecule has 0 unspecified atom stereocenters. The standard InChI is InChI=1S/C9H13NO7S2/c1-16-9-3-2-7(6-8(9)10)18(11,12)5-4-17-19(13,14)15/h2-3,6H,4-5,10H2,1H3,(H,13,14,15)/p-1. The fourth-order valence-corrected chi connectivity index (χ4v) is 2.78. The van der Waals surface area contributed by atoms with Gasteiger partial charge in [-0.2, -0.15) is 0 Å². The maximum absolute atomic E-state index is 11.8. The van der Waals surface area contributed by atoms with Crippen LogP contribution in [0.3, 0.4) is 0 Å². The highest BCUT2D eigenvalue weighted by atomic mass is 32.3. The van der Waals surface area contributed by atoms with Crippen LogP contribution < -0.4 is 10.5 Å². The number of anilines is 1. The summed E-state index contributed by atoms with van der Waals surface area (Å²) < 4.78 is 62.9. The first-order valence-electron chi connectivity index (χ1n) is 4.92. The molecule has 2 N–H and O–H groups in total. The van der Waals surface area contributed by atoms with Gasteiger partial charge in [0.25, 0.3) is 0 Å². The Labute approximate surface area is 111 Å². The molecule has 0 aromatic heterocycles. The molecule has 0 aliphatic rings. The van der Waals surface area contributed by atoms with Gasteiger partial charge in [0, 0.05) is 0 Å². The van der Waals surface area contributed by atoms with Gasteiger partial charge in [0.15, 0.2) is 9.84 Å². The van der Waals surface area contributed by atoms with Crippen LogP contribution >= 0.6 is 0 Å². The van der Waals surface area contributed by atoms with Crippen LogP contribution in [0.15, 0.2) is 23.1 Å². The van der Waals surface area contributed by atoms with Crippen LogP contribution in [0.25, 0.3) is 0 Å². The van der Waals surface area contributed by atoms with Gasteiger partial charge in [-0.05, 0) is 18.2 Å². The summed E-state index contributed by atoms with van der Waals surface area (Å²) in [5, 5.41) is 0. The molecule has 0 fully saturated rings. The monoisotopic (exact) mass is 310 g/mol. The maximum Gasteiger partial charge on any atom is 0.217 e. The van der Waals surface area contributed by atoms with E-state index in [-0.39, 0.29) is 10.6 Å². The van der Waals surface area contributed by atoms with Crippen molar-refractivity contribution in [1.82, 2.24) is 0 Å². The van der Waals surface area contributed by atoms with Gasteiger partial charge >= 0.3 is 0 Å². The second-order valence-electron chi connectivity index (χ2n) is 3.45. The van der Waals surface area contributed by atoms with Gasteiger partial charge in [-0.3, -0.25) is 4.18 Å². The normalized spacial score (nSPS) is 12.3. The van der Waals surface area contributed by atoms with Gasteiger partial charge < -0.3 is 15.0 Å². The Balaban J connectivity index is 2.86. The van der Waals surface area contributed by atoms with Crippen LogP contribution in [0, 0.1) is 0 Å². The van der Waals surface area contributed by atoms with E-state index in [0.717, 1.165) is 0 Å². The number of hydrogen-bond donors (Lipinski definition) is 1. The van der Waals surface area contributed by atoms with Gasteiger partial charge in [0.2, 0.25) is 10.4 Å². The summed E-state index contributed by atoms with van der Waals surface area (Å²) in [7, 11) is -7.32. The number of methoxy groups -OCH3 is 1. The molecule has 0 radical (unpaired) electrons. The van der Waals surface area contributed by atoms with Gasteiger partial charge in [0.1, 0.15) is 5.75 Å². The third kappa shape index (κ3) is 4.67. The number of sulfone groups is 1. The van der Waals surface area contributed by atoms with Gasteiger partial charge in [-0.1, -0.05) is 0 Å². The molecular formula is C9H12NO7S2-. The first-order chi connectivity index (χ1) is 8.65. The van der Waals surface area contributed by atoms with Crippen molar-refractivity contribution < 1.29 is 30.3 Å². The zero-order valence-electron chi connectivity index (χ0n) is 9.90. The van der Waals surface area contributed by atoms with E-state index >= 15 is 0 Å². The summed E-state index contributed by atoms with van der Waals surface area (Å²) in [5.74, 6) is -0.336. The predicted molar refractivity (Wildman–Crippen MR) is 65.1 cm³/mol. The van der Waals surface area contributed by atoms with Crippen LogP contribution in [0.4, 0.5) is 5.69 Å². The molecule has 108 valence electrons. The molecule has 0 aliphatic heterocycles. The highest BCUT2D eigenvalue weighted by Gasteiger charge is 2.16. The fourth-order valence-electron chi connectivity index (χ4n) is 1.27. The molecule has 10 heteroatoms. The summed E-state index contributed by atoms with van der Waals surface area (Å²) in [5.41, 5.74) is 5.69. The van der Waals surface area contributed by atoms with Gasteiger partial charge in [0.05, 0.1) is 30.1 Å². The number of nitrogen functional groups attached to an aromatic ring is 1. The summed E-state index contributed by atoms with van der Waals surface area (Å²) >= 11 is 0. The van der Waals surface area contributed by atoms with Crippen LogP contribution in [-0.4, -0.2) is 40.9 Å². The number of ether oxygens (including phenoxy) is 1. The predicted octanol–water partition coefficient (Wildman–Crippen LogP) is -0.472. The third-order valence-corrected chi connectivity index (χ3v) is 4.27.